The van der Waals surface area contributed by atoms with Gasteiger partial charge in [-0.15, -0.1) is 0 Å². The Morgan fingerprint density at radius 2 is 1.78 bits per heavy atom. The summed E-state index contributed by atoms with van der Waals surface area (Å²) in [6.07, 6.45) is 1.63. The number of amides is 2. The fourth-order valence-electron chi connectivity index (χ4n) is 2.70. The van der Waals surface area contributed by atoms with E-state index in [0.717, 1.165) is 0 Å². The lowest BCUT2D eigenvalue weighted by atomic mass is 9.94. The topological polar surface area (TPSA) is 105 Å². The summed E-state index contributed by atoms with van der Waals surface area (Å²) in [5.41, 5.74) is 9.05. The lowest BCUT2D eigenvalue weighted by molar-refractivity contribution is 0.0707. The number of hydroxylamine groups is 1. The van der Waals surface area contributed by atoms with Crippen molar-refractivity contribution in [2.75, 3.05) is 0 Å². The van der Waals surface area contributed by atoms with Crippen LogP contribution in [0.1, 0.15) is 20.7 Å². The molecule has 0 spiro atoms. The van der Waals surface area contributed by atoms with Gasteiger partial charge >= 0.3 is 0 Å². The average molecular weight is 402 g/mol. The van der Waals surface area contributed by atoms with Crippen molar-refractivity contribution in [3.05, 3.63) is 75.9 Å². The number of rotatable bonds is 4. The fraction of sp³-hybridized carbons (Fsp3) is 0. The summed E-state index contributed by atoms with van der Waals surface area (Å²) in [7, 11) is 0. The molecule has 0 aliphatic rings. The Bertz CT molecular complexity index is 1040. The molecule has 4 N–H and O–H groups in total. The summed E-state index contributed by atoms with van der Waals surface area (Å²) in [4.78, 5) is 28.0. The number of benzene rings is 2. The predicted octanol–water partition coefficient (Wildman–Crippen LogP) is 3.94. The second-order valence-electron chi connectivity index (χ2n) is 5.56. The van der Waals surface area contributed by atoms with Crippen molar-refractivity contribution in [1.29, 1.82) is 0 Å². The normalized spacial score (nSPS) is 10.5. The van der Waals surface area contributed by atoms with Gasteiger partial charge in [0.25, 0.3) is 5.91 Å². The number of carbonyl (C=O) groups is 2. The van der Waals surface area contributed by atoms with Crippen molar-refractivity contribution in [3.63, 3.8) is 0 Å². The monoisotopic (exact) mass is 401 g/mol. The van der Waals surface area contributed by atoms with E-state index in [0.29, 0.717) is 21.8 Å². The number of nitrogens with two attached hydrogens (primary N) is 1. The highest BCUT2D eigenvalue weighted by Gasteiger charge is 2.21. The highest BCUT2D eigenvalue weighted by atomic mass is 35.5. The maximum absolute atomic E-state index is 12.1. The Hall–Kier alpha value is -2.93. The molecule has 6 nitrogen and oxygen atoms in total. The zero-order valence-corrected chi connectivity index (χ0v) is 15.3. The van der Waals surface area contributed by atoms with E-state index in [1.165, 1.54) is 12.1 Å². The average Bonchev–Trinajstić information content (AvgIpc) is 2.68. The molecule has 0 aliphatic heterocycles. The minimum absolute atomic E-state index is 0.00195. The molecule has 0 saturated heterocycles. The molecule has 27 heavy (non-hydrogen) atoms. The summed E-state index contributed by atoms with van der Waals surface area (Å²) in [5, 5.41) is 9.49. The minimum atomic E-state index is -0.780. The second kappa shape index (κ2) is 7.75. The van der Waals surface area contributed by atoms with Crippen LogP contribution in [0.25, 0.3) is 22.4 Å². The van der Waals surface area contributed by atoms with E-state index < -0.39 is 11.8 Å². The lowest BCUT2D eigenvalue weighted by Crippen LogP contribution is -2.21. The van der Waals surface area contributed by atoms with Crippen LogP contribution in [0.3, 0.4) is 0 Å². The van der Waals surface area contributed by atoms with E-state index in [1.807, 2.05) is 6.07 Å². The van der Waals surface area contributed by atoms with Gasteiger partial charge in [-0.2, -0.15) is 0 Å². The van der Waals surface area contributed by atoms with Crippen molar-refractivity contribution in [3.8, 4) is 22.4 Å². The Morgan fingerprint density at radius 3 is 2.41 bits per heavy atom. The van der Waals surface area contributed by atoms with Crippen LogP contribution < -0.4 is 11.2 Å². The van der Waals surface area contributed by atoms with Crippen LogP contribution in [0.2, 0.25) is 10.0 Å². The molecule has 0 saturated carbocycles. The van der Waals surface area contributed by atoms with Crippen LogP contribution in [-0.4, -0.2) is 22.0 Å². The van der Waals surface area contributed by atoms with Crippen LogP contribution in [-0.2, 0) is 0 Å². The van der Waals surface area contributed by atoms with Crippen LogP contribution >= 0.6 is 23.2 Å². The molecule has 1 aromatic heterocycles. The van der Waals surface area contributed by atoms with Crippen molar-refractivity contribution in [1.82, 2.24) is 10.5 Å². The summed E-state index contributed by atoms with van der Waals surface area (Å²) >= 11 is 12.7. The zero-order valence-electron chi connectivity index (χ0n) is 13.7. The molecular weight excluding hydrogens is 389 g/mol. The fourth-order valence-corrected chi connectivity index (χ4v) is 3.28. The number of carbonyl (C=O) groups excluding carboxylic acids is 2. The SMILES string of the molecule is NC(=O)c1ccc(C(=O)NO)c(-c2ccc(Cl)c(-c3ccccn3)c2)c1Cl. The zero-order chi connectivity index (χ0) is 19.6. The summed E-state index contributed by atoms with van der Waals surface area (Å²) in [6.45, 7) is 0. The van der Waals surface area contributed by atoms with Gasteiger partial charge in [0.2, 0.25) is 5.91 Å². The smallest absolute Gasteiger partial charge is 0.275 e. The predicted molar refractivity (Wildman–Crippen MR) is 103 cm³/mol. The van der Waals surface area contributed by atoms with E-state index in [4.69, 9.17) is 34.1 Å². The van der Waals surface area contributed by atoms with Gasteiger partial charge in [0, 0.05) is 22.3 Å². The third-order valence-corrected chi connectivity index (χ3v) is 4.67. The highest BCUT2D eigenvalue weighted by Crippen LogP contribution is 2.38. The molecule has 3 aromatic rings. The summed E-state index contributed by atoms with van der Waals surface area (Å²) in [5.74, 6) is -1.52. The lowest BCUT2D eigenvalue weighted by Gasteiger charge is -2.14. The molecule has 0 radical (unpaired) electrons. The number of pyridine rings is 1. The first-order valence-corrected chi connectivity index (χ1v) is 8.47. The van der Waals surface area contributed by atoms with Gasteiger partial charge in [-0.1, -0.05) is 35.3 Å². The van der Waals surface area contributed by atoms with Gasteiger partial charge in [0.1, 0.15) is 0 Å². The molecular formula is C19H13Cl2N3O3. The molecule has 2 amide bonds. The molecule has 136 valence electrons. The first-order valence-electron chi connectivity index (χ1n) is 7.72. The Labute approximate surface area is 164 Å². The molecule has 2 aromatic carbocycles. The van der Waals surface area contributed by atoms with Crippen molar-refractivity contribution < 1.29 is 14.8 Å². The number of nitrogens with one attached hydrogen (secondary N) is 1. The van der Waals surface area contributed by atoms with Crippen LogP contribution in [0, 0.1) is 0 Å². The maximum atomic E-state index is 12.1. The molecule has 3 rings (SSSR count). The Kier molecular flexibility index (Phi) is 5.41. The van der Waals surface area contributed by atoms with Crippen molar-refractivity contribution >= 4 is 35.0 Å². The molecule has 8 heteroatoms. The largest absolute Gasteiger partial charge is 0.366 e. The number of nitrogens with zero attached hydrogens (tertiary/aromatic N) is 1. The molecule has 0 fully saturated rings. The number of hydrogen-bond acceptors (Lipinski definition) is 4. The third kappa shape index (κ3) is 3.64. The van der Waals surface area contributed by atoms with Gasteiger partial charge < -0.3 is 5.73 Å². The third-order valence-electron chi connectivity index (χ3n) is 3.95. The quantitative estimate of drug-likeness (QED) is 0.454. The van der Waals surface area contributed by atoms with Crippen molar-refractivity contribution in [2.45, 2.75) is 0 Å². The summed E-state index contributed by atoms with van der Waals surface area (Å²) in [6, 6.07) is 13.0. The minimum Gasteiger partial charge on any atom is -0.366 e. The Morgan fingerprint density at radius 1 is 1.04 bits per heavy atom. The highest BCUT2D eigenvalue weighted by molar-refractivity contribution is 6.37. The standard InChI is InChI=1S/C19H13Cl2N3O3/c20-14-7-4-10(9-13(14)15-3-1-2-8-23-15)16-11(19(26)24-27)5-6-12(17(16)21)18(22)25/h1-9,27H,(H2,22,25)(H,24,26). The Balaban J connectivity index is 2.28. The van der Waals surface area contributed by atoms with Crippen molar-refractivity contribution in [2.24, 2.45) is 5.73 Å². The first kappa shape index (κ1) is 18.8. The van der Waals surface area contributed by atoms with E-state index in [-0.39, 0.29) is 21.7 Å². The van der Waals surface area contributed by atoms with Gasteiger partial charge in [-0.05, 0) is 42.0 Å². The van der Waals surface area contributed by atoms with Gasteiger partial charge in [-0.3, -0.25) is 19.8 Å². The number of hydrogen-bond donors (Lipinski definition) is 3. The molecule has 0 atom stereocenters. The van der Waals surface area contributed by atoms with E-state index >= 15 is 0 Å². The van der Waals surface area contributed by atoms with E-state index in [1.54, 1.807) is 42.0 Å². The van der Waals surface area contributed by atoms with E-state index in [9.17, 15) is 9.59 Å². The second-order valence-corrected chi connectivity index (χ2v) is 6.35. The molecule has 0 unspecified atom stereocenters. The van der Waals surface area contributed by atoms with Crippen LogP contribution in [0.15, 0.2) is 54.7 Å². The first-order chi connectivity index (χ1) is 12.9. The number of halogens is 2. The van der Waals surface area contributed by atoms with Gasteiger partial charge in [0.05, 0.1) is 21.8 Å². The van der Waals surface area contributed by atoms with Crippen LogP contribution in [0.5, 0.6) is 0 Å². The van der Waals surface area contributed by atoms with Gasteiger partial charge in [-0.25, -0.2) is 5.48 Å². The number of primary amides is 1. The number of aromatic nitrogens is 1. The molecule has 1 heterocycles. The van der Waals surface area contributed by atoms with Gasteiger partial charge in [0.15, 0.2) is 0 Å². The maximum Gasteiger partial charge on any atom is 0.275 e. The molecule has 0 aliphatic carbocycles. The van der Waals surface area contributed by atoms with E-state index in [2.05, 4.69) is 4.98 Å². The molecule has 0 bridgehead atoms. The van der Waals surface area contributed by atoms with Crippen LogP contribution in [0.4, 0.5) is 0 Å². The summed E-state index contributed by atoms with van der Waals surface area (Å²) < 4.78 is 0.